The first-order valence-electron chi connectivity index (χ1n) is 7.88. The van der Waals surface area contributed by atoms with Gasteiger partial charge < -0.3 is 9.84 Å². The van der Waals surface area contributed by atoms with Crippen molar-refractivity contribution in [2.45, 2.75) is 11.8 Å². The minimum absolute atomic E-state index is 0.0490. The molecule has 140 valence electrons. The van der Waals surface area contributed by atoms with Crippen molar-refractivity contribution in [3.05, 3.63) is 64.8 Å². The van der Waals surface area contributed by atoms with E-state index in [0.29, 0.717) is 22.0 Å². The van der Waals surface area contributed by atoms with Crippen LogP contribution in [-0.2, 0) is 10.0 Å². The SMILES string of the molecule is CNS(=O)(=O)c1ccc(C)c(NC(=O)c2cc(-c3ccc(Cl)cc3)on2)c1. The van der Waals surface area contributed by atoms with Crippen molar-refractivity contribution in [1.82, 2.24) is 9.88 Å². The molecule has 0 saturated heterocycles. The molecule has 1 heterocycles. The van der Waals surface area contributed by atoms with E-state index in [1.165, 1.54) is 25.2 Å². The fraction of sp³-hybridized carbons (Fsp3) is 0.111. The predicted molar refractivity (Wildman–Crippen MR) is 102 cm³/mol. The van der Waals surface area contributed by atoms with Crippen LogP contribution < -0.4 is 10.0 Å². The van der Waals surface area contributed by atoms with Crippen molar-refractivity contribution in [2.75, 3.05) is 12.4 Å². The number of nitrogens with zero attached hydrogens (tertiary/aromatic N) is 1. The maximum Gasteiger partial charge on any atom is 0.277 e. The van der Waals surface area contributed by atoms with Gasteiger partial charge in [-0.05, 0) is 55.9 Å². The van der Waals surface area contributed by atoms with Crippen molar-refractivity contribution in [3.63, 3.8) is 0 Å². The molecule has 2 N–H and O–H groups in total. The number of benzene rings is 2. The molecule has 0 spiro atoms. The number of aryl methyl sites for hydroxylation is 1. The Bertz CT molecular complexity index is 1090. The van der Waals surface area contributed by atoms with Gasteiger partial charge in [0.05, 0.1) is 4.90 Å². The average Bonchev–Trinajstić information content (AvgIpc) is 3.14. The molecule has 0 unspecified atom stereocenters. The van der Waals surface area contributed by atoms with Crippen LogP contribution in [0.1, 0.15) is 16.1 Å². The maximum atomic E-state index is 12.5. The molecular formula is C18H16ClN3O4S. The third-order valence-corrected chi connectivity index (χ3v) is 5.57. The number of anilines is 1. The summed E-state index contributed by atoms with van der Waals surface area (Å²) >= 11 is 5.86. The van der Waals surface area contributed by atoms with Gasteiger partial charge in [-0.3, -0.25) is 4.79 Å². The summed E-state index contributed by atoms with van der Waals surface area (Å²) < 4.78 is 31.3. The molecule has 0 fully saturated rings. The highest BCUT2D eigenvalue weighted by Crippen LogP contribution is 2.24. The van der Waals surface area contributed by atoms with E-state index in [1.54, 1.807) is 37.3 Å². The Kier molecular flexibility index (Phi) is 5.31. The summed E-state index contributed by atoms with van der Waals surface area (Å²) in [7, 11) is -2.30. The van der Waals surface area contributed by atoms with Crippen molar-refractivity contribution in [1.29, 1.82) is 0 Å². The van der Waals surface area contributed by atoms with E-state index in [4.69, 9.17) is 16.1 Å². The topological polar surface area (TPSA) is 101 Å². The summed E-state index contributed by atoms with van der Waals surface area (Å²) in [5.74, 6) is -0.0962. The van der Waals surface area contributed by atoms with Gasteiger partial charge in [0.15, 0.2) is 11.5 Å². The molecule has 27 heavy (non-hydrogen) atoms. The highest BCUT2D eigenvalue weighted by atomic mass is 35.5. The number of aromatic nitrogens is 1. The van der Waals surface area contributed by atoms with Crippen LogP contribution in [0.2, 0.25) is 5.02 Å². The van der Waals surface area contributed by atoms with Gasteiger partial charge in [-0.25, -0.2) is 13.1 Å². The molecule has 3 aromatic rings. The Balaban J connectivity index is 1.84. The highest BCUT2D eigenvalue weighted by molar-refractivity contribution is 7.89. The Labute approximate surface area is 161 Å². The molecule has 0 atom stereocenters. The number of amides is 1. The van der Waals surface area contributed by atoms with Crippen LogP contribution in [0, 0.1) is 6.92 Å². The number of sulfonamides is 1. The predicted octanol–water partition coefficient (Wildman–Crippen LogP) is 3.46. The summed E-state index contributed by atoms with van der Waals surface area (Å²) in [6, 6.07) is 12.9. The zero-order valence-electron chi connectivity index (χ0n) is 14.5. The molecule has 0 bridgehead atoms. The Morgan fingerprint density at radius 1 is 1.11 bits per heavy atom. The van der Waals surface area contributed by atoms with Crippen LogP contribution in [0.25, 0.3) is 11.3 Å². The molecule has 0 aliphatic rings. The third-order valence-electron chi connectivity index (χ3n) is 3.91. The van der Waals surface area contributed by atoms with Crippen molar-refractivity contribution in [2.24, 2.45) is 0 Å². The standard InChI is InChI=1S/C18H16ClN3O4S/c1-11-3-8-14(27(24,25)20-2)9-15(11)21-18(23)16-10-17(26-22-16)12-4-6-13(19)7-5-12/h3-10,20H,1-2H3,(H,21,23). The lowest BCUT2D eigenvalue weighted by Gasteiger charge is -2.09. The lowest BCUT2D eigenvalue weighted by atomic mass is 10.1. The quantitative estimate of drug-likeness (QED) is 0.676. The summed E-state index contributed by atoms with van der Waals surface area (Å²) in [6.45, 7) is 1.76. The first kappa shape index (κ1) is 19.1. The smallest absolute Gasteiger partial charge is 0.277 e. The van der Waals surface area contributed by atoms with Gasteiger partial charge in [0.25, 0.3) is 5.91 Å². The highest BCUT2D eigenvalue weighted by Gasteiger charge is 2.17. The second-order valence-electron chi connectivity index (χ2n) is 5.72. The second-order valence-corrected chi connectivity index (χ2v) is 8.04. The van der Waals surface area contributed by atoms with Crippen LogP contribution >= 0.6 is 11.6 Å². The summed E-state index contributed by atoms with van der Waals surface area (Å²) in [5.41, 5.74) is 1.87. The molecule has 0 saturated carbocycles. The number of carbonyl (C=O) groups excluding carboxylic acids is 1. The van der Waals surface area contributed by atoms with E-state index in [9.17, 15) is 13.2 Å². The van der Waals surface area contributed by atoms with E-state index in [1.807, 2.05) is 0 Å². The monoisotopic (exact) mass is 405 g/mol. The zero-order valence-corrected chi connectivity index (χ0v) is 16.1. The van der Waals surface area contributed by atoms with E-state index in [2.05, 4.69) is 15.2 Å². The van der Waals surface area contributed by atoms with Gasteiger partial charge in [0, 0.05) is 22.3 Å². The van der Waals surface area contributed by atoms with Gasteiger partial charge in [0.2, 0.25) is 10.0 Å². The normalized spacial score (nSPS) is 11.4. The van der Waals surface area contributed by atoms with Gasteiger partial charge in [-0.1, -0.05) is 22.8 Å². The van der Waals surface area contributed by atoms with Gasteiger partial charge in [-0.2, -0.15) is 0 Å². The molecule has 1 aromatic heterocycles. The van der Waals surface area contributed by atoms with E-state index < -0.39 is 15.9 Å². The van der Waals surface area contributed by atoms with Gasteiger partial charge in [-0.15, -0.1) is 0 Å². The van der Waals surface area contributed by atoms with E-state index >= 15 is 0 Å². The van der Waals surface area contributed by atoms with Crippen LogP contribution in [-0.4, -0.2) is 26.5 Å². The zero-order chi connectivity index (χ0) is 19.6. The lowest BCUT2D eigenvalue weighted by Crippen LogP contribution is -2.19. The average molecular weight is 406 g/mol. The van der Waals surface area contributed by atoms with Crippen molar-refractivity contribution < 1.29 is 17.7 Å². The number of rotatable bonds is 5. The number of hydrogen-bond donors (Lipinski definition) is 2. The summed E-state index contributed by atoms with van der Waals surface area (Å²) in [5, 5.41) is 7.03. The van der Waals surface area contributed by atoms with Crippen molar-refractivity contribution in [3.8, 4) is 11.3 Å². The van der Waals surface area contributed by atoms with Crippen molar-refractivity contribution >= 4 is 33.2 Å². The number of halogens is 1. The van der Waals surface area contributed by atoms with Crippen LogP contribution in [0.3, 0.4) is 0 Å². The second kappa shape index (κ2) is 7.51. The van der Waals surface area contributed by atoms with E-state index in [0.717, 1.165) is 5.56 Å². The maximum absolute atomic E-state index is 12.5. The molecule has 9 heteroatoms. The Morgan fingerprint density at radius 3 is 2.48 bits per heavy atom. The fourth-order valence-electron chi connectivity index (χ4n) is 2.34. The fourth-order valence-corrected chi connectivity index (χ4v) is 3.22. The summed E-state index contributed by atoms with van der Waals surface area (Å²) in [6.07, 6.45) is 0. The van der Waals surface area contributed by atoms with Crippen LogP contribution in [0.15, 0.2) is 57.9 Å². The molecule has 0 aliphatic heterocycles. The number of carbonyl (C=O) groups is 1. The minimum atomic E-state index is -3.62. The molecule has 1 amide bonds. The van der Waals surface area contributed by atoms with Gasteiger partial charge >= 0.3 is 0 Å². The third kappa shape index (κ3) is 4.19. The van der Waals surface area contributed by atoms with E-state index in [-0.39, 0.29) is 10.6 Å². The van der Waals surface area contributed by atoms with Crippen LogP contribution in [0.4, 0.5) is 5.69 Å². The lowest BCUT2D eigenvalue weighted by molar-refractivity contribution is 0.101. The Hall–Kier alpha value is -2.68. The number of nitrogens with one attached hydrogen (secondary N) is 2. The van der Waals surface area contributed by atoms with Gasteiger partial charge in [0.1, 0.15) is 0 Å². The minimum Gasteiger partial charge on any atom is -0.355 e. The first-order chi connectivity index (χ1) is 12.8. The van der Waals surface area contributed by atoms with Crippen LogP contribution in [0.5, 0.6) is 0 Å². The molecule has 0 radical (unpaired) electrons. The first-order valence-corrected chi connectivity index (χ1v) is 9.74. The Morgan fingerprint density at radius 2 is 1.81 bits per heavy atom. The molecule has 3 rings (SSSR count). The molecule has 2 aromatic carbocycles. The molecular weight excluding hydrogens is 390 g/mol. The largest absolute Gasteiger partial charge is 0.355 e. The summed E-state index contributed by atoms with van der Waals surface area (Å²) in [4.78, 5) is 12.5. The molecule has 0 aliphatic carbocycles. The molecule has 7 nitrogen and oxygen atoms in total. The number of hydrogen-bond acceptors (Lipinski definition) is 5.